The number of hydrogen-bond donors (Lipinski definition) is 1. The summed E-state index contributed by atoms with van der Waals surface area (Å²) in [4.78, 5) is 14.5. The molecule has 0 saturated heterocycles. The average molecular weight is 330 g/mol. The molecule has 1 heterocycles. The molecule has 3 aliphatic rings. The van der Waals surface area contributed by atoms with E-state index in [1.165, 1.54) is 25.7 Å². The molecule has 2 fully saturated rings. The Morgan fingerprint density at radius 3 is 2.88 bits per heavy atom. The van der Waals surface area contributed by atoms with Gasteiger partial charge >= 0.3 is 6.03 Å². The van der Waals surface area contributed by atoms with Crippen molar-refractivity contribution in [1.82, 2.24) is 10.2 Å². The first-order valence-electron chi connectivity index (χ1n) is 9.03. The summed E-state index contributed by atoms with van der Waals surface area (Å²) in [6.45, 7) is 1.71. The molecule has 5 heteroatoms. The second-order valence-electron chi connectivity index (χ2n) is 7.51. The molecule has 24 heavy (non-hydrogen) atoms. The van der Waals surface area contributed by atoms with Gasteiger partial charge in [0.05, 0.1) is 20.2 Å². The Morgan fingerprint density at radius 1 is 1.33 bits per heavy atom. The van der Waals surface area contributed by atoms with E-state index in [1.807, 2.05) is 23.1 Å². The molecule has 0 bridgehead atoms. The number of benzene rings is 1. The average Bonchev–Trinajstić information content (AvgIpc) is 2.94. The lowest BCUT2D eigenvalue weighted by Gasteiger charge is -2.46. The van der Waals surface area contributed by atoms with E-state index in [4.69, 9.17) is 9.47 Å². The first-order valence-corrected chi connectivity index (χ1v) is 9.03. The molecule has 1 spiro atoms. The smallest absolute Gasteiger partial charge is 0.318 e. The summed E-state index contributed by atoms with van der Waals surface area (Å²) in [5.41, 5.74) is 1.59. The van der Waals surface area contributed by atoms with Gasteiger partial charge in [-0.2, -0.15) is 0 Å². The highest BCUT2D eigenvalue weighted by Crippen LogP contribution is 2.53. The van der Waals surface area contributed by atoms with Crippen molar-refractivity contribution in [3.63, 3.8) is 0 Å². The van der Waals surface area contributed by atoms with E-state index in [2.05, 4.69) is 5.32 Å². The number of carbonyl (C=O) groups excluding carboxylic acids is 1. The van der Waals surface area contributed by atoms with Crippen molar-refractivity contribution >= 4 is 6.03 Å². The van der Waals surface area contributed by atoms with Crippen LogP contribution in [-0.2, 0) is 6.54 Å². The van der Waals surface area contributed by atoms with Gasteiger partial charge in [0.2, 0.25) is 0 Å². The molecule has 1 aromatic rings. The van der Waals surface area contributed by atoms with Gasteiger partial charge in [0.15, 0.2) is 0 Å². The van der Waals surface area contributed by atoms with Gasteiger partial charge in [-0.05, 0) is 43.2 Å². The lowest BCUT2D eigenvalue weighted by Crippen LogP contribution is -2.53. The molecule has 0 radical (unpaired) electrons. The van der Waals surface area contributed by atoms with Crippen molar-refractivity contribution in [1.29, 1.82) is 0 Å². The third kappa shape index (κ3) is 2.92. The quantitative estimate of drug-likeness (QED) is 0.905. The zero-order valence-electron chi connectivity index (χ0n) is 14.3. The number of rotatable bonds is 2. The van der Waals surface area contributed by atoms with Gasteiger partial charge in [0.25, 0.3) is 0 Å². The minimum absolute atomic E-state index is 0.0418. The normalized spacial score (nSPS) is 22.3. The summed E-state index contributed by atoms with van der Waals surface area (Å²) in [5, 5.41) is 3.23. The van der Waals surface area contributed by atoms with E-state index in [0.29, 0.717) is 31.2 Å². The second-order valence-corrected chi connectivity index (χ2v) is 7.51. The predicted octanol–water partition coefficient (Wildman–Crippen LogP) is 3.32. The molecule has 0 aromatic heterocycles. The maximum absolute atomic E-state index is 12.6. The minimum atomic E-state index is 0.0418. The maximum Gasteiger partial charge on any atom is 0.318 e. The zero-order valence-corrected chi connectivity index (χ0v) is 14.3. The fraction of sp³-hybridized carbons (Fsp3) is 0.632. The number of nitrogens with zero attached hydrogens (tertiary/aromatic N) is 1. The molecule has 1 aliphatic heterocycles. The first-order chi connectivity index (χ1) is 11.7. The Kier molecular flexibility index (Phi) is 4.02. The Balaban J connectivity index is 1.36. The maximum atomic E-state index is 12.6. The van der Waals surface area contributed by atoms with Gasteiger partial charge < -0.3 is 19.7 Å². The molecule has 5 nitrogen and oxygen atoms in total. The van der Waals surface area contributed by atoms with E-state index in [-0.39, 0.29) is 6.03 Å². The molecule has 130 valence electrons. The predicted molar refractivity (Wildman–Crippen MR) is 91.4 cm³/mol. The van der Waals surface area contributed by atoms with Crippen LogP contribution in [0.3, 0.4) is 0 Å². The first kappa shape index (κ1) is 15.6. The van der Waals surface area contributed by atoms with Crippen molar-refractivity contribution in [3.05, 3.63) is 23.8 Å². The van der Waals surface area contributed by atoms with E-state index < -0.39 is 0 Å². The Labute approximate surface area is 143 Å². The van der Waals surface area contributed by atoms with Crippen molar-refractivity contribution in [2.45, 2.75) is 51.1 Å². The van der Waals surface area contributed by atoms with Crippen molar-refractivity contribution in [2.24, 2.45) is 5.41 Å². The van der Waals surface area contributed by atoms with Gasteiger partial charge in [0.1, 0.15) is 18.1 Å². The molecule has 0 unspecified atom stereocenters. The van der Waals surface area contributed by atoms with E-state index in [1.54, 1.807) is 7.11 Å². The standard InChI is InChI=1S/C19H26N2O3/c1-23-16-5-4-14-13-21(8-9-24-17(14)10-16)18(22)20-15-11-19(12-15)6-2-3-7-19/h4-5,10,15H,2-3,6-9,11-13H2,1H3,(H,20,22). The summed E-state index contributed by atoms with van der Waals surface area (Å²) in [6, 6.07) is 6.19. The van der Waals surface area contributed by atoms with Crippen LogP contribution in [0.2, 0.25) is 0 Å². The van der Waals surface area contributed by atoms with Crippen LogP contribution in [0.4, 0.5) is 4.79 Å². The largest absolute Gasteiger partial charge is 0.497 e. The summed E-state index contributed by atoms with van der Waals surface area (Å²) >= 11 is 0. The van der Waals surface area contributed by atoms with Gasteiger partial charge in [-0.25, -0.2) is 4.79 Å². The topological polar surface area (TPSA) is 50.8 Å². The number of urea groups is 1. The molecular formula is C19H26N2O3. The molecule has 2 amide bonds. The van der Waals surface area contributed by atoms with Gasteiger partial charge in [0, 0.05) is 17.7 Å². The lowest BCUT2D eigenvalue weighted by atomic mass is 9.64. The van der Waals surface area contributed by atoms with Crippen LogP contribution in [-0.4, -0.2) is 37.2 Å². The molecule has 1 aromatic carbocycles. The molecule has 1 N–H and O–H groups in total. The summed E-state index contributed by atoms with van der Waals surface area (Å²) in [5.74, 6) is 1.60. The number of hydrogen-bond acceptors (Lipinski definition) is 3. The van der Waals surface area contributed by atoms with Crippen LogP contribution in [0.1, 0.15) is 44.1 Å². The van der Waals surface area contributed by atoms with E-state index in [0.717, 1.165) is 29.9 Å². The highest BCUT2D eigenvalue weighted by atomic mass is 16.5. The monoisotopic (exact) mass is 330 g/mol. The van der Waals surface area contributed by atoms with Crippen LogP contribution in [0.5, 0.6) is 11.5 Å². The summed E-state index contributed by atoms with van der Waals surface area (Å²) in [7, 11) is 1.65. The summed E-state index contributed by atoms with van der Waals surface area (Å²) < 4.78 is 11.0. The molecule has 2 aliphatic carbocycles. The molecule has 0 atom stereocenters. The second kappa shape index (κ2) is 6.19. The summed E-state index contributed by atoms with van der Waals surface area (Å²) in [6.07, 6.45) is 7.76. The van der Waals surface area contributed by atoms with E-state index in [9.17, 15) is 4.79 Å². The number of amides is 2. The van der Waals surface area contributed by atoms with Crippen LogP contribution in [0, 0.1) is 5.41 Å². The number of ether oxygens (including phenoxy) is 2. The van der Waals surface area contributed by atoms with Gasteiger partial charge in [-0.15, -0.1) is 0 Å². The fourth-order valence-corrected chi connectivity index (χ4v) is 4.54. The Bertz CT molecular complexity index is 617. The fourth-order valence-electron chi connectivity index (χ4n) is 4.54. The van der Waals surface area contributed by atoms with Crippen molar-refractivity contribution < 1.29 is 14.3 Å². The highest BCUT2D eigenvalue weighted by molar-refractivity contribution is 5.75. The van der Waals surface area contributed by atoms with Gasteiger partial charge in [-0.3, -0.25) is 0 Å². The molecule has 2 saturated carbocycles. The SMILES string of the molecule is COc1ccc2c(c1)OCCN(C(=O)NC1CC3(CCCC3)C1)C2. The third-order valence-corrected chi connectivity index (χ3v) is 5.89. The molecular weight excluding hydrogens is 304 g/mol. The van der Waals surface area contributed by atoms with Crippen LogP contribution < -0.4 is 14.8 Å². The zero-order chi connectivity index (χ0) is 16.6. The van der Waals surface area contributed by atoms with Crippen LogP contribution in [0.25, 0.3) is 0 Å². The Hall–Kier alpha value is -1.91. The number of nitrogens with one attached hydrogen (secondary N) is 1. The number of methoxy groups -OCH3 is 1. The van der Waals surface area contributed by atoms with Crippen molar-refractivity contribution in [3.8, 4) is 11.5 Å². The highest BCUT2D eigenvalue weighted by Gasteiger charge is 2.46. The van der Waals surface area contributed by atoms with Crippen molar-refractivity contribution in [2.75, 3.05) is 20.3 Å². The van der Waals surface area contributed by atoms with E-state index >= 15 is 0 Å². The molecule has 4 rings (SSSR count). The third-order valence-electron chi connectivity index (χ3n) is 5.89. The van der Waals surface area contributed by atoms with Gasteiger partial charge in [-0.1, -0.05) is 12.8 Å². The Morgan fingerprint density at radius 2 is 2.12 bits per heavy atom. The minimum Gasteiger partial charge on any atom is -0.497 e. The lowest BCUT2D eigenvalue weighted by molar-refractivity contribution is 0.0881. The van der Waals surface area contributed by atoms with Crippen LogP contribution in [0.15, 0.2) is 18.2 Å². The van der Waals surface area contributed by atoms with Crippen LogP contribution >= 0.6 is 0 Å². The number of fused-ring (bicyclic) bond motifs is 1. The number of carbonyl (C=O) groups is 1.